The molecule has 0 amide bonds. The zero-order valence-corrected chi connectivity index (χ0v) is 11.5. The van der Waals surface area contributed by atoms with Gasteiger partial charge in [0, 0.05) is 11.8 Å². The molecule has 0 saturated carbocycles. The Morgan fingerprint density at radius 1 is 1.56 bits per heavy atom. The number of methoxy groups -OCH3 is 1. The Hall–Kier alpha value is -1.49. The average molecular weight is 272 g/mol. The summed E-state index contributed by atoms with van der Waals surface area (Å²) < 4.78 is 4.75. The van der Waals surface area contributed by atoms with E-state index in [0.29, 0.717) is 23.8 Å². The maximum Gasteiger partial charge on any atom is 0.328 e. The van der Waals surface area contributed by atoms with Gasteiger partial charge < -0.3 is 15.8 Å². The summed E-state index contributed by atoms with van der Waals surface area (Å²) >= 11 is 5.81. The second-order valence-corrected chi connectivity index (χ2v) is 4.85. The number of nitrogens with two attached hydrogens (primary N) is 1. The van der Waals surface area contributed by atoms with E-state index >= 15 is 0 Å². The fourth-order valence-electron chi connectivity index (χ4n) is 1.60. The summed E-state index contributed by atoms with van der Waals surface area (Å²) in [5, 5.41) is 3.28. The number of carbonyl (C=O) groups is 1. The van der Waals surface area contributed by atoms with Crippen LogP contribution in [0.25, 0.3) is 0 Å². The van der Waals surface area contributed by atoms with Gasteiger partial charge in [-0.05, 0) is 18.4 Å². The number of nitrogens with zero attached hydrogens (tertiary/aromatic N) is 1. The molecule has 1 heterocycles. The number of carbonyl (C=O) groups excluding carboxylic acids is 1. The summed E-state index contributed by atoms with van der Waals surface area (Å²) in [7, 11) is 1.36. The molecule has 6 heteroatoms. The number of nitrogens with one attached hydrogen (secondary N) is 1. The van der Waals surface area contributed by atoms with E-state index in [9.17, 15) is 4.79 Å². The lowest BCUT2D eigenvalue weighted by molar-refractivity contribution is -0.141. The molecule has 0 aliphatic carbocycles. The van der Waals surface area contributed by atoms with Gasteiger partial charge in [0.25, 0.3) is 0 Å². The average Bonchev–Trinajstić information content (AvgIpc) is 2.25. The number of halogens is 1. The zero-order valence-electron chi connectivity index (χ0n) is 10.7. The molecular weight excluding hydrogens is 254 g/mol. The van der Waals surface area contributed by atoms with E-state index in [1.807, 2.05) is 13.8 Å². The van der Waals surface area contributed by atoms with E-state index in [4.69, 9.17) is 22.1 Å². The van der Waals surface area contributed by atoms with Crippen LogP contribution in [0.5, 0.6) is 0 Å². The van der Waals surface area contributed by atoms with Crippen LogP contribution >= 0.6 is 11.6 Å². The fraction of sp³-hybridized carbons (Fsp3) is 0.500. The summed E-state index contributed by atoms with van der Waals surface area (Å²) in [5.74, 6) is 0.484. The van der Waals surface area contributed by atoms with Gasteiger partial charge in [-0.15, -0.1) is 0 Å². The van der Waals surface area contributed by atoms with Gasteiger partial charge in [-0.2, -0.15) is 0 Å². The highest BCUT2D eigenvalue weighted by atomic mass is 35.5. The van der Waals surface area contributed by atoms with Crippen molar-refractivity contribution >= 4 is 29.1 Å². The van der Waals surface area contributed by atoms with E-state index in [1.165, 1.54) is 7.11 Å². The SMILES string of the molecule is COC(=O)C(CC(C)C)Nc1cc(N)cc(Cl)n1. The van der Waals surface area contributed by atoms with Crippen molar-refractivity contribution in [2.75, 3.05) is 18.2 Å². The minimum Gasteiger partial charge on any atom is -0.467 e. The van der Waals surface area contributed by atoms with Gasteiger partial charge in [-0.3, -0.25) is 0 Å². The molecule has 1 unspecified atom stereocenters. The van der Waals surface area contributed by atoms with E-state index in [1.54, 1.807) is 12.1 Å². The van der Waals surface area contributed by atoms with E-state index in [-0.39, 0.29) is 11.1 Å². The van der Waals surface area contributed by atoms with E-state index < -0.39 is 6.04 Å². The summed E-state index contributed by atoms with van der Waals surface area (Å²) in [5.41, 5.74) is 6.16. The van der Waals surface area contributed by atoms with Crippen molar-refractivity contribution in [1.82, 2.24) is 4.98 Å². The Kier molecular flexibility index (Phi) is 5.22. The summed E-state index contributed by atoms with van der Waals surface area (Å²) in [4.78, 5) is 15.7. The quantitative estimate of drug-likeness (QED) is 0.635. The van der Waals surface area contributed by atoms with Crippen LogP contribution in [0, 0.1) is 5.92 Å². The molecule has 0 aromatic carbocycles. The highest BCUT2D eigenvalue weighted by molar-refractivity contribution is 6.29. The molecule has 0 saturated heterocycles. The van der Waals surface area contributed by atoms with Gasteiger partial charge in [-0.1, -0.05) is 25.4 Å². The number of pyridine rings is 1. The number of hydrogen-bond donors (Lipinski definition) is 2. The highest BCUT2D eigenvalue weighted by Gasteiger charge is 2.20. The normalized spacial score (nSPS) is 12.3. The molecule has 1 atom stereocenters. The monoisotopic (exact) mass is 271 g/mol. The third-order valence-electron chi connectivity index (χ3n) is 2.33. The minimum absolute atomic E-state index is 0.283. The van der Waals surface area contributed by atoms with Crippen LogP contribution in [0.3, 0.4) is 0 Å². The molecule has 1 aromatic heterocycles. The number of nitrogen functional groups attached to an aromatic ring is 1. The molecule has 0 radical (unpaired) electrons. The molecule has 0 bridgehead atoms. The Morgan fingerprint density at radius 2 is 2.22 bits per heavy atom. The molecule has 0 fully saturated rings. The van der Waals surface area contributed by atoms with Crippen LogP contribution in [0.4, 0.5) is 11.5 Å². The minimum atomic E-state index is -0.458. The zero-order chi connectivity index (χ0) is 13.7. The standard InChI is InChI=1S/C12H18ClN3O2/c1-7(2)4-9(12(17)18-3)15-11-6-8(14)5-10(13)16-11/h5-7,9H,4H2,1-3H3,(H3,14,15,16). The first-order valence-electron chi connectivity index (χ1n) is 5.69. The van der Waals surface area contributed by atoms with Crippen molar-refractivity contribution in [3.63, 3.8) is 0 Å². The van der Waals surface area contributed by atoms with Gasteiger partial charge in [0.05, 0.1) is 7.11 Å². The third-order valence-corrected chi connectivity index (χ3v) is 2.52. The lowest BCUT2D eigenvalue weighted by Gasteiger charge is -2.19. The predicted octanol–water partition coefficient (Wildman–Crippen LogP) is 2.32. The Morgan fingerprint density at radius 3 is 2.72 bits per heavy atom. The fourth-order valence-corrected chi connectivity index (χ4v) is 1.81. The summed E-state index contributed by atoms with van der Waals surface area (Å²) in [6.07, 6.45) is 0.640. The molecule has 1 rings (SSSR count). The van der Waals surface area contributed by atoms with Crippen LogP contribution in [0.15, 0.2) is 12.1 Å². The van der Waals surface area contributed by atoms with Crippen molar-refractivity contribution in [3.8, 4) is 0 Å². The highest BCUT2D eigenvalue weighted by Crippen LogP contribution is 2.18. The molecule has 5 nitrogen and oxygen atoms in total. The van der Waals surface area contributed by atoms with Crippen LogP contribution < -0.4 is 11.1 Å². The lowest BCUT2D eigenvalue weighted by atomic mass is 10.0. The molecule has 0 aliphatic heterocycles. The number of anilines is 2. The third kappa shape index (κ3) is 4.41. The second kappa shape index (κ2) is 6.44. The van der Waals surface area contributed by atoms with Gasteiger partial charge in [0.2, 0.25) is 0 Å². The van der Waals surface area contributed by atoms with Crippen molar-refractivity contribution in [2.45, 2.75) is 26.3 Å². The molecular formula is C12H18ClN3O2. The first-order valence-corrected chi connectivity index (χ1v) is 6.07. The maximum atomic E-state index is 11.6. The number of hydrogen-bond acceptors (Lipinski definition) is 5. The van der Waals surface area contributed by atoms with Crippen molar-refractivity contribution in [3.05, 3.63) is 17.3 Å². The largest absolute Gasteiger partial charge is 0.467 e. The molecule has 18 heavy (non-hydrogen) atoms. The first-order chi connectivity index (χ1) is 8.42. The maximum absolute atomic E-state index is 11.6. The Labute approximate surface area is 112 Å². The predicted molar refractivity (Wildman–Crippen MR) is 72.5 cm³/mol. The van der Waals surface area contributed by atoms with Crippen molar-refractivity contribution in [1.29, 1.82) is 0 Å². The Bertz CT molecular complexity index is 404. The van der Waals surface area contributed by atoms with Crippen LogP contribution in [0.1, 0.15) is 20.3 Å². The van der Waals surface area contributed by atoms with Crippen molar-refractivity contribution < 1.29 is 9.53 Å². The van der Waals surface area contributed by atoms with Crippen LogP contribution in [0.2, 0.25) is 5.15 Å². The van der Waals surface area contributed by atoms with Gasteiger partial charge >= 0.3 is 5.97 Å². The Balaban J connectivity index is 2.84. The molecule has 1 aromatic rings. The van der Waals surface area contributed by atoms with Gasteiger partial charge in [0.1, 0.15) is 17.0 Å². The molecule has 0 spiro atoms. The summed E-state index contributed by atoms with van der Waals surface area (Å²) in [6, 6.07) is 2.71. The van der Waals surface area contributed by atoms with Crippen LogP contribution in [-0.4, -0.2) is 24.1 Å². The number of rotatable bonds is 5. The smallest absolute Gasteiger partial charge is 0.328 e. The topological polar surface area (TPSA) is 77.2 Å². The van der Waals surface area contributed by atoms with Gasteiger partial charge in [-0.25, -0.2) is 9.78 Å². The molecule has 3 N–H and O–H groups in total. The van der Waals surface area contributed by atoms with Crippen molar-refractivity contribution in [2.24, 2.45) is 5.92 Å². The molecule has 0 aliphatic rings. The first kappa shape index (κ1) is 14.6. The van der Waals surface area contributed by atoms with E-state index in [0.717, 1.165) is 0 Å². The summed E-state index contributed by atoms with van der Waals surface area (Å²) in [6.45, 7) is 4.05. The number of ether oxygens (including phenoxy) is 1. The van der Waals surface area contributed by atoms with Crippen LogP contribution in [-0.2, 0) is 9.53 Å². The molecule has 100 valence electrons. The lowest BCUT2D eigenvalue weighted by Crippen LogP contribution is -2.32. The number of aromatic nitrogens is 1. The second-order valence-electron chi connectivity index (χ2n) is 4.46. The number of esters is 1. The van der Waals surface area contributed by atoms with Gasteiger partial charge in [0.15, 0.2) is 0 Å². The van der Waals surface area contributed by atoms with E-state index in [2.05, 4.69) is 10.3 Å².